The molecular formula is C20H17F3N4O5S. The number of carbonyl (C=O) groups excluding carboxylic acids is 1. The van der Waals surface area contributed by atoms with E-state index >= 15 is 0 Å². The van der Waals surface area contributed by atoms with E-state index in [1.54, 1.807) is 24.3 Å². The number of aliphatic hydroxyl groups is 1. The van der Waals surface area contributed by atoms with E-state index in [-0.39, 0.29) is 36.0 Å². The molecule has 0 radical (unpaired) electrons. The van der Waals surface area contributed by atoms with Crippen molar-refractivity contribution in [3.63, 3.8) is 0 Å². The number of amides is 1. The zero-order valence-electron chi connectivity index (χ0n) is 16.8. The van der Waals surface area contributed by atoms with Crippen molar-refractivity contribution in [2.45, 2.75) is 24.3 Å². The summed E-state index contributed by atoms with van der Waals surface area (Å²) in [5.74, 6) is -1.20. The lowest BCUT2D eigenvalue weighted by Crippen LogP contribution is -2.25. The van der Waals surface area contributed by atoms with E-state index in [2.05, 4.69) is 10.3 Å². The molecule has 2 aromatic carbocycles. The monoisotopic (exact) mass is 482 g/mol. The van der Waals surface area contributed by atoms with Crippen LogP contribution in [0.25, 0.3) is 10.9 Å². The van der Waals surface area contributed by atoms with Gasteiger partial charge in [-0.2, -0.15) is 13.2 Å². The lowest BCUT2D eigenvalue weighted by Gasteiger charge is -2.14. The molecule has 9 nitrogen and oxygen atoms in total. The normalized spacial score (nSPS) is 11.5. The second kappa shape index (κ2) is 10.0. The summed E-state index contributed by atoms with van der Waals surface area (Å²) in [6.07, 6.45) is -4.66. The Balaban J connectivity index is 1.84. The Hall–Kier alpha value is -3.45. The standard InChI is InChI=1S/C20H17F3N4O5S/c21-20(22,23)14-10-12(27(31)32)6-7-16(14)24-17(29)11-33-19-25-15-5-2-1-4-13(15)18(30)26(19)8-3-9-28/h1-2,4-7,10,28H,3,8-9,11H2,(H,24,29). The molecule has 1 aromatic heterocycles. The molecule has 3 rings (SSSR count). The second-order valence-corrected chi connectivity index (χ2v) is 7.71. The van der Waals surface area contributed by atoms with Crippen LogP contribution in [0, 0.1) is 10.1 Å². The van der Waals surface area contributed by atoms with Crippen molar-refractivity contribution >= 4 is 39.9 Å². The minimum atomic E-state index is -4.92. The number of benzene rings is 2. The van der Waals surface area contributed by atoms with Gasteiger partial charge in [-0.15, -0.1) is 0 Å². The summed E-state index contributed by atoms with van der Waals surface area (Å²) in [6.45, 7) is -0.0398. The zero-order valence-corrected chi connectivity index (χ0v) is 17.7. The van der Waals surface area contributed by atoms with E-state index in [1.165, 1.54) is 4.57 Å². The van der Waals surface area contributed by atoms with E-state index in [0.29, 0.717) is 17.0 Å². The number of non-ortho nitro benzene ring substituents is 1. The number of aromatic nitrogens is 2. The van der Waals surface area contributed by atoms with E-state index in [0.717, 1.165) is 23.9 Å². The van der Waals surface area contributed by atoms with Gasteiger partial charge in [0.05, 0.1) is 32.8 Å². The third kappa shape index (κ3) is 5.68. The molecule has 0 bridgehead atoms. The van der Waals surface area contributed by atoms with Crippen LogP contribution < -0.4 is 10.9 Å². The van der Waals surface area contributed by atoms with Crippen molar-refractivity contribution in [2.75, 3.05) is 17.7 Å². The maximum atomic E-state index is 13.3. The quantitative estimate of drug-likeness (QED) is 0.218. The summed E-state index contributed by atoms with van der Waals surface area (Å²) in [5, 5.41) is 22.5. The molecule has 2 N–H and O–H groups in total. The van der Waals surface area contributed by atoms with Gasteiger partial charge >= 0.3 is 6.18 Å². The van der Waals surface area contributed by atoms with Crippen LogP contribution in [0.15, 0.2) is 52.4 Å². The van der Waals surface area contributed by atoms with Gasteiger partial charge in [0.2, 0.25) is 5.91 Å². The van der Waals surface area contributed by atoms with Crippen LogP contribution >= 0.6 is 11.8 Å². The van der Waals surface area contributed by atoms with Crippen molar-refractivity contribution in [3.8, 4) is 0 Å². The Morgan fingerprint density at radius 2 is 1.97 bits per heavy atom. The fraction of sp³-hybridized carbons (Fsp3) is 0.250. The molecule has 3 aromatic rings. The van der Waals surface area contributed by atoms with Crippen molar-refractivity contribution < 1.29 is 28.0 Å². The Morgan fingerprint density at radius 1 is 1.24 bits per heavy atom. The highest BCUT2D eigenvalue weighted by atomic mass is 32.2. The molecule has 0 aliphatic heterocycles. The van der Waals surface area contributed by atoms with Crippen LogP contribution in [0.3, 0.4) is 0 Å². The van der Waals surface area contributed by atoms with Crippen molar-refractivity contribution in [2.24, 2.45) is 0 Å². The molecule has 33 heavy (non-hydrogen) atoms. The minimum Gasteiger partial charge on any atom is -0.396 e. The number of carbonyl (C=O) groups is 1. The zero-order chi connectivity index (χ0) is 24.2. The number of fused-ring (bicyclic) bond motifs is 1. The summed E-state index contributed by atoms with van der Waals surface area (Å²) in [5.41, 5.74) is -2.71. The summed E-state index contributed by atoms with van der Waals surface area (Å²) in [6, 6.07) is 8.58. The van der Waals surface area contributed by atoms with Gasteiger partial charge in [0.25, 0.3) is 11.2 Å². The third-order valence-electron chi connectivity index (χ3n) is 4.49. The van der Waals surface area contributed by atoms with Gasteiger partial charge in [0.1, 0.15) is 0 Å². The highest BCUT2D eigenvalue weighted by Gasteiger charge is 2.35. The SMILES string of the molecule is O=C(CSc1nc2ccccc2c(=O)n1CCCO)Nc1ccc([N+](=O)[O-])cc1C(F)(F)F. The van der Waals surface area contributed by atoms with Gasteiger partial charge in [0.15, 0.2) is 5.16 Å². The van der Waals surface area contributed by atoms with Crippen LogP contribution in [-0.2, 0) is 17.5 Å². The summed E-state index contributed by atoms with van der Waals surface area (Å²) < 4.78 is 41.2. The largest absolute Gasteiger partial charge is 0.418 e. The number of halogens is 3. The second-order valence-electron chi connectivity index (χ2n) is 6.77. The number of nitrogens with zero attached hydrogens (tertiary/aromatic N) is 3. The van der Waals surface area contributed by atoms with E-state index in [4.69, 9.17) is 5.11 Å². The fourth-order valence-electron chi connectivity index (χ4n) is 2.99. The Bertz CT molecular complexity index is 1260. The topological polar surface area (TPSA) is 127 Å². The lowest BCUT2D eigenvalue weighted by molar-refractivity contribution is -0.385. The molecule has 174 valence electrons. The first-order valence-corrected chi connectivity index (χ1v) is 10.5. The fourth-order valence-corrected chi connectivity index (χ4v) is 3.81. The smallest absolute Gasteiger partial charge is 0.396 e. The number of thioether (sulfide) groups is 1. The Labute approximate surface area is 188 Å². The van der Waals surface area contributed by atoms with Crippen molar-refractivity contribution in [1.29, 1.82) is 0 Å². The van der Waals surface area contributed by atoms with Crippen LogP contribution in [0.5, 0.6) is 0 Å². The average molecular weight is 482 g/mol. The van der Waals surface area contributed by atoms with Crippen LogP contribution in [0.4, 0.5) is 24.5 Å². The third-order valence-corrected chi connectivity index (χ3v) is 5.47. The number of nitro groups is 1. The van der Waals surface area contributed by atoms with Gasteiger partial charge in [-0.25, -0.2) is 4.98 Å². The Morgan fingerprint density at radius 3 is 2.64 bits per heavy atom. The van der Waals surface area contributed by atoms with Gasteiger partial charge in [0, 0.05) is 25.3 Å². The minimum absolute atomic E-state index is 0.137. The molecule has 1 heterocycles. The molecule has 0 aliphatic rings. The first-order valence-electron chi connectivity index (χ1n) is 9.50. The van der Waals surface area contributed by atoms with E-state index < -0.39 is 33.9 Å². The number of alkyl halides is 3. The summed E-state index contributed by atoms with van der Waals surface area (Å²) in [4.78, 5) is 39.3. The molecule has 13 heteroatoms. The molecule has 0 fully saturated rings. The predicted octanol–water partition coefficient (Wildman–Crippen LogP) is 3.44. The first-order chi connectivity index (χ1) is 15.6. The van der Waals surface area contributed by atoms with Crippen LogP contribution in [-0.4, -0.2) is 37.8 Å². The number of rotatable bonds is 8. The van der Waals surface area contributed by atoms with Gasteiger partial charge < -0.3 is 10.4 Å². The number of aliphatic hydroxyl groups excluding tert-OH is 1. The van der Waals surface area contributed by atoms with Crippen LogP contribution in [0.2, 0.25) is 0 Å². The van der Waals surface area contributed by atoms with Gasteiger partial charge in [-0.05, 0) is 24.6 Å². The molecule has 0 saturated carbocycles. The van der Waals surface area contributed by atoms with Crippen molar-refractivity contribution in [1.82, 2.24) is 9.55 Å². The molecule has 0 aliphatic carbocycles. The number of para-hydroxylation sites is 1. The van der Waals surface area contributed by atoms with Crippen molar-refractivity contribution in [3.05, 3.63) is 68.5 Å². The molecule has 0 atom stereocenters. The van der Waals surface area contributed by atoms with Crippen LogP contribution in [0.1, 0.15) is 12.0 Å². The molecular weight excluding hydrogens is 465 g/mol. The molecule has 1 amide bonds. The maximum Gasteiger partial charge on any atom is 0.418 e. The predicted molar refractivity (Wildman–Crippen MR) is 115 cm³/mol. The summed E-state index contributed by atoms with van der Waals surface area (Å²) >= 11 is 0.844. The van der Waals surface area contributed by atoms with E-state index in [1.807, 2.05) is 0 Å². The lowest BCUT2D eigenvalue weighted by atomic mass is 10.1. The molecule has 0 unspecified atom stereocenters. The molecule has 0 spiro atoms. The Kier molecular flexibility index (Phi) is 7.33. The number of anilines is 1. The van der Waals surface area contributed by atoms with E-state index in [9.17, 15) is 32.9 Å². The molecule has 0 saturated heterocycles. The number of nitrogens with one attached hydrogen (secondary N) is 1. The highest BCUT2D eigenvalue weighted by Crippen LogP contribution is 2.37. The maximum absolute atomic E-state index is 13.3. The number of nitro benzene ring substituents is 1. The van der Waals surface area contributed by atoms with Gasteiger partial charge in [-0.1, -0.05) is 23.9 Å². The number of hydrogen-bond donors (Lipinski definition) is 2. The average Bonchev–Trinajstić information content (AvgIpc) is 2.76. The first kappa shape index (κ1) is 24.2. The summed E-state index contributed by atoms with van der Waals surface area (Å²) in [7, 11) is 0. The number of hydrogen-bond acceptors (Lipinski definition) is 7. The highest BCUT2D eigenvalue weighted by molar-refractivity contribution is 7.99. The van der Waals surface area contributed by atoms with Gasteiger partial charge in [-0.3, -0.25) is 24.3 Å².